The fraction of sp³-hybridized carbons (Fsp3) is 0.281. The zero-order chi connectivity index (χ0) is 28.2. The monoisotopic (exact) mass is 541 g/mol. The number of anilines is 1. The summed E-state index contributed by atoms with van der Waals surface area (Å²) in [5.41, 5.74) is 5.03. The highest BCUT2D eigenvalue weighted by atomic mass is 19.1. The summed E-state index contributed by atoms with van der Waals surface area (Å²) in [7, 11) is 0. The summed E-state index contributed by atoms with van der Waals surface area (Å²) in [5, 5.41) is 16.2. The van der Waals surface area contributed by atoms with Gasteiger partial charge in [0.1, 0.15) is 12.4 Å². The lowest BCUT2D eigenvalue weighted by Crippen LogP contribution is -2.43. The number of rotatable bonds is 9. The standard InChI is InChI=1S/C32H32FN3O4/c1-20-7-5-6-10-27(20)35-30(37)16-22(15-21-8-3-2-4-9-21)32(40)34-24-12-14-29-26(18-24)25-17-23(33)11-13-28(25)36(29)19-31(38)39/h2-11,13,17,22,24H,12,14-16,18-19H2,1H3,(H,34,40)(H,35,37)(H,38,39)/t22?,24-/m0/s1. The number of benzene rings is 3. The number of carbonyl (C=O) groups excluding carboxylic acids is 2. The van der Waals surface area contributed by atoms with Gasteiger partial charge in [0.2, 0.25) is 11.8 Å². The number of amides is 2. The predicted molar refractivity (Wildman–Crippen MR) is 152 cm³/mol. The van der Waals surface area contributed by atoms with E-state index in [9.17, 15) is 23.9 Å². The van der Waals surface area contributed by atoms with E-state index in [1.165, 1.54) is 12.1 Å². The van der Waals surface area contributed by atoms with Crippen LogP contribution in [0.25, 0.3) is 10.9 Å². The molecular weight excluding hydrogens is 509 g/mol. The highest BCUT2D eigenvalue weighted by Crippen LogP contribution is 2.33. The number of carbonyl (C=O) groups is 3. The predicted octanol–water partition coefficient (Wildman–Crippen LogP) is 5.03. The maximum absolute atomic E-state index is 14.2. The van der Waals surface area contributed by atoms with Gasteiger partial charge in [-0.25, -0.2) is 4.39 Å². The minimum atomic E-state index is -0.966. The maximum Gasteiger partial charge on any atom is 0.323 e. The van der Waals surface area contributed by atoms with Gasteiger partial charge in [-0.2, -0.15) is 0 Å². The summed E-state index contributed by atoms with van der Waals surface area (Å²) < 4.78 is 15.9. The summed E-state index contributed by atoms with van der Waals surface area (Å²) >= 11 is 0. The van der Waals surface area contributed by atoms with Gasteiger partial charge in [-0.3, -0.25) is 14.4 Å². The van der Waals surface area contributed by atoms with Crippen LogP contribution >= 0.6 is 0 Å². The molecule has 5 rings (SSSR count). The van der Waals surface area contributed by atoms with Crippen LogP contribution < -0.4 is 10.6 Å². The summed E-state index contributed by atoms with van der Waals surface area (Å²) in [6.45, 7) is 1.71. The number of nitrogens with zero attached hydrogens (tertiary/aromatic N) is 1. The third-order valence-electron chi connectivity index (χ3n) is 7.62. The lowest BCUT2D eigenvalue weighted by Gasteiger charge is -2.27. The van der Waals surface area contributed by atoms with Crippen molar-refractivity contribution >= 4 is 34.4 Å². The highest BCUT2D eigenvalue weighted by Gasteiger charge is 2.30. The van der Waals surface area contributed by atoms with E-state index >= 15 is 0 Å². The lowest BCUT2D eigenvalue weighted by atomic mass is 9.89. The molecule has 0 fully saturated rings. The third-order valence-corrected chi connectivity index (χ3v) is 7.62. The molecular formula is C32H32FN3O4. The Morgan fingerprint density at radius 2 is 1.80 bits per heavy atom. The van der Waals surface area contributed by atoms with Gasteiger partial charge in [-0.05, 0) is 73.6 Å². The zero-order valence-electron chi connectivity index (χ0n) is 22.3. The van der Waals surface area contributed by atoms with E-state index in [4.69, 9.17) is 0 Å². The first kappa shape index (κ1) is 27.1. The number of hydrogen-bond donors (Lipinski definition) is 3. The van der Waals surface area contributed by atoms with Crippen LogP contribution in [0.5, 0.6) is 0 Å². The first-order valence-electron chi connectivity index (χ1n) is 13.5. The van der Waals surface area contributed by atoms with Crippen molar-refractivity contribution in [2.45, 2.75) is 51.6 Å². The SMILES string of the molecule is Cc1ccccc1NC(=O)CC(Cc1ccccc1)C(=O)N[C@H]1CCc2c(c3cc(F)ccc3n2CC(=O)O)C1. The number of hydrogen-bond acceptors (Lipinski definition) is 3. The fourth-order valence-electron chi connectivity index (χ4n) is 5.67. The average molecular weight is 542 g/mol. The minimum absolute atomic E-state index is 0.0240. The van der Waals surface area contributed by atoms with Crippen LogP contribution in [-0.2, 0) is 40.2 Å². The number of para-hydroxylation sites is 1. The van der Waals surface area contributed by atoms with Crippen molar-refractivity contribution < 1.29 is 23.9 Å². The largest absolute Gasteiger partial charge is 0.480 e. The number of fused-ring (bicyclic) bond motifs is 3. The molecule has 1 aromatic heterocycles. The van der Waals surface area contributed by atoms with Crippen LogP contribution in [0.3, 0.4) is 0 Å². The normalized spacial score (nSPS) is 15.3. The van der Waals surface area contributed by atoms with Crippen molar-refractivity contribution in [1.82, 2.24) is 9.88 Å². The molecule has 3 N–H and O–H groups in total. The van der Waals surface area contributed by atoms with Gasteiger partial charge in [-0.1, -0.05) is 48.5 Å². The fourth-order valence-corrected chi connectivity index (χ4v) is 5.67. The van der Waals surface area contributed by atoms with Crippen molar-refractivity contribution in [1.29, 1.82) is 0 Å². The summed E-state index contributed by atoms with van der Waals surface area (Å²) in [6.07, 6.45) is 2.07. The molecule has 8 heteroatoms. The Labute approximate surface area is 232 Å². The van der Waals surface area contributed by atoms with E-state index in [-0.39, 0.29) is 30.8 Å². The molecule has 1 aliphatic carbocycles. The Kier molecular flexibility index (Phi) is 7.96. The average Bonchev–Trinajstić information content (AvgIpc) is 3.21. The highest BCUT2D eigenvalue weighted by molar-refractivity contribution is 5.95. The summed E-state index contributed by atoms with van der Waals surface area (Å²) in [4.78, 5) is 38.2. The molecule has 4 aromatic rings. The Morgan fingerprint density at radius 3 is 2.55 bits per heavy atom. The Hall–Kier alpha value is -4.46. The molecule has 0 spiro atoms. The van der Waals surface area contributed by atoms with Crippen molar-refractivity contribution in [2.75, 3.05) is 5.32 Å². The zero-order valence-corrected chi connectivity index (χ0v) is 22.3. The molecule has 1 heterocycles. The van der Waals surface area contributed by atoms with Gasteiger partial charge in [0.25, 0.3) is 0 Å². The Balaban J connectivity index is 1.35. The second kappa shape index (κ2) is 11.7. The molecule has 1 aliphatic rings. The maximum atomic E-state index is 14.2. The molecule has 1 unspecified atom stereocenters. The van der Waals surface area contributed by atoms with Crippen LogP contribution in [0, 0.1) is 18.7 Å². The van der Waals surface area contributed by atoms with Crippen molar-refractivity contribution in [3.8, 4) is 0 Å². The molecule has 0 saturated carbocycles. The molecule has 0 bridgehead atoms. The molecule has 2 atom stereocenters. The molecule has 3 aromatic carbocycles. The molecule has 40 heavy (non-hydrogen) atoms. The van der Waals surface area contributed by atoms with E-state index < -0.39 is 17.7 Å². The topological polar surface area (TPSA) is 100 Å². The van der Waals surface area contributed by atoms with Gasteiger partial charge in [-0.15, -0.1) is 0 Å². The number of halogens is 1. The summed E-state index contributed by atoms with van der Waals surface area (Å²) in [5.74, 6) is -2.39. The van der Waals surface area contributed by atoms with Gasteiger partial charge < -0.3 is 20.3 Å². The van der Waals surface area contributed by atoms with Gasteiger partial charge in [0, 0.05) is 34.7 Å². The molecule has 2 amide bonds. The number of aliphatic carboxylic acids is 1. The molecule has 0 saturated heterocycles. The van der Waals surface area contributed by atoms with Crippen molar-refractivity contribution in [3.63, 3.8) is 0 Å². The Bertz CT molecular complexity index is 1560. The lowest BCUT2D eigenvalue weighted by molar-refractivity contribution is -0.137. The van der Waals surface area contributed by atoms with Gasteiger partial charge >= 0.3 is 5.97 Å². The number of carboxylic acids is 1. The van der Waals surface area contributed by atoms with Crippen LogP contribution in [-0.4, -0.2) is 33.5 Å². The van der Waals surface area contributed by atoms with E-state index in [1.54, 1.807) is 10.6 Å². The van der Waals surface area contributed by atoms with E-state index in [0.29, 0.717) is 36.6 Å². The Morgan fingerprint density at radius 1 is 1.05 bits per heavy atom. The van der Waals surface area contributed by atoms with E-state index in [2.05, 4.69) is 10.6 Å². The smallest absolute Gasteiger partial charge is 0.323 e. The molecule has 206 valence electrons. The second-order valence-electron chi connectivity index (χ2n) is 10.5. The number of nitrogens with one attached hydrogen (secondary N) is 2. The third kappa shape index (κ3) is 6.06. The molecule has 0 radical (unpaired) electrons. The number of aryl methyl sites for hydroxylation is 1. The number of aromatic nitrogens is 1. The van der Waals surface area contributed by atoms with Crippen LogP contribution in [0.15, 0.2) is 72.8 Å². The molecule has 0 aliphatic heterocycles. The van der Waals surface area contributed by atoms with Crippen LogP contribution in [0.2, 0.25) is 0 Å². The van der Waals surface area contributed by atoms with Gasteiger partial charge in [0.15, 0.2) is 0 Å². The van der Waals surface area contributed by atoms with Crippen LogP contribution in [0.1, 0.15) is 35.2 Å². The van der Waals surface area contributed by atoms with E-state index in [0.717, 1.165) is 28.1 Å². The van der Waals surface area contributed by atoms with Crippen molar-refractivity contribution in [2.24, 2.45) is 5.92 Å². The number of carboxylic acid groups (broad SMARTS) is 1. The summed E-state index contributed by atoms with van der Waals surface area (Å²) in [6, 6.07) is 21.3. The van der Waals surface area contributed by atoms with Gasteiger partial charge in [0.05, 0.1) is 5.92 Å². The van der Waals surface area contributed by atoms with Crippen molar-refractivity contribution in [3.05, 3.63) is 101 Å². The minimum Gasteiger partial charge on any atom is -0.480 e. The first-order valence-corrected chi connectivity index (χ1v) is 13.5. The quantitative estimate of drug-likeness (QED) is 0.277. The second-order valence-corrected chi connectivity index (χ2v) is 10.5. The van der Waals surface area contributed by atoms with Crippen LogP contribution in [0.4, 0.5) is 10.1 Å². The first-order chi connectivity index (χ1) is 19.3. The molecule has 7 nitrogen and oxygen atoms in total. The van der Waals surface area contributed by atoms with E-state index in [1.807, 2.05) is 61.5 Å².